The molecule has 0 fully saturated rings. The Balaban J connectivity index is 2.28. The van der Waals surface area contributed by atoms with Gasteiger partial charge in [0.15, 0.2) is 11.5 Å². The van der Waals surface area contributed by atoms with E-state index in [1.54, 1.807) is 25.9 Å². The van der Waals surface area contributed by atoms with Gasteiger partial charge in [-0.1, -0.05) is 13.0 Å². The number of aryl methyl sites for hydroxylation is 1. The molecule has 5 heteroatoms. The number of methoxy groups -OCH3 is 3. The van der Waals surface area contributed by atoms with Gasteiger partial charge in [0.05, 0.1) is 26.7 Å². The van der Waals surface area contributed by atoms with Gasteiger partial charge < -0.3 is 18.8 Å². The number of rotatable bonds is 5. The molecule has 0 bridgehead atoms. The fourth-order valence-corrected chi connectivity index (χ4v) is 3.89. The maximum absolute atomic E-state index is 13.3. The Kier molecular flexibility index (Phi) is 4.59. The van der Waals surface area contributed by atoms with Crippen LogP contribution in [0.15, 0.2) is 47.4 Å². The van der Waals surface area contributed by atoms with E-state index >= 15 is 0 Å². The predicted molar refractivity (Wildman–Crippen MR) is 113 cm³/mol. The van der Waals surface area contributed by atoms with Gasteiger partial charge in [0.25, 0.3) is 5.56 Å². The van der Waals surface area contributed by atoms with Crippen LogP contribution in [0.3, 0.4) is 0 Å². The quantitative estimate of drug-likeness (QED) is 0.471. The third-order valence-electron chi connectivity index (χ3n) is 5.23. The molecule has 0 aliphatic carbocycles. The molecular weight excluding hydrogens is 354 g/mol. The third-order valence-corrected chi connectivity index (χ3v) is 5.23. The smallest absolute Gasteiger partial charge is 0.259 e. The summed E-state index contributed by atoms with van der Waals surface area (Å²) in [6.45, 7) is 2.75. The van der Waals surface area contributed by atoms with Crippen LogP contribution in [0.1, 0.15) is 13.3 Å². The van der Waals surface area contributed by atoms with Gasteiger partial charge in [0, 0.05) is 12.7 Å². The molecule has 0 amide bonds. The van der Waals surface area contributed by atoms with Crippen molar-refractivity contribution < 1.29 is 14.2 Å². The number of fused-ring (bicyclic) bond motifs is 6. The van der Waals surface area contributed by atoms with E-state index in [2.05, 4.69) is 6.92 Å². The maximum atomic E-state index is 13.3. The van der Waals surface area contributed by atoms with Crippen LogP contribution in [0.2, 0.25) is 0 Å². The highest BCUT2D eigenvalue weighted by Crippen LogP contribution is 2.40. The Hall–Kier alpha value is -3.21. The van der Waals surface area contributed by atoms with Crippen molar-refractivity contribution in [3.05, 3.63) is 52.9 Å². The number of ether oxygens (including phenoxy) is 3. The summed E-state index contributed by atoms with van der Waals surface area (Å²) >= 11 is 0. The van der Waals surface area contributed by atoms with E-state index in [4.69, 9.17) is 14.2 Å². The first kappa shape index (κ1) is 18.2. The van der Waals surface area contributed by atoms with Crippen molar-refractivity contribution >= 4 is 32.3 Å². The molecule has 0 radical (unpaired) electrons. The first-order valence-electron chi connectivity index (χ1n) is 9.31. The first-order valence-corrected chi connectivity index (χ1v) is 9.31. The van der Waals surface area contributed by atoms with Gasteiger partial charge in [0.1, 0.15) is 5.75 Å². The molecule has 144 valence electrons. The Morgan fingerprint density at radius 2 is 1.46 bits per heavy atom. The van der Waals surface area contributed by atoms with E-state index in [-0.39, 0.29) is 5.56 Å². The van der Waals surface area contributed by atoms with Crippen molar-refractivity contribution in [1.29, 1.82) is 0 Å². The van der Waals surface area contributed by atoms with E-state index in [0.717, 1.165) is 39.1 Å². The summed E-state index contributed by atoms with van der Waals surface area (Å²) in [5.74, 6) is 1.99. The molecule has 0 unspecified atom stereocenters. The Morgan fingerprint density at radius 3 is 2.11 bits per heavy atom. The minimum Gasteiger partial charge on any atom is -0.497 e. The fraction of sp³-hybridized carbons (Fsp3) is 0.261. The van der Waals surface area contributed by atoms with Crippen LogP contribution in [0.4, 0.5) is 0 Å². The summed E-state index contributed by atoms with van der Waals surface area (Å²) in [6.07, 6.45) is 2.77. The summed E-state index contributed by atoms with van der Waals surface area (Å²) in [5.41, 5.74) is 0.00860. The summed E-state index contributed by atoms with van der Waals surface area (Å²) in [7, 11) is 4.87. The van der Waals surface area contributed by atoms with Gasteiger partial charge in [-0.25, -0.2) is 0 Å². The van der Waals surface area contributed by atoms with E-state index in [0.29, 0.717) is 23.4 Å². The minimum atomic E-state index is 0.00860. The summed E-state index contributed by atoms with van der Waals surface area (Å²) in [6, 6.07) is 11.8. The van der Waals surface area contributed by atoms with Gasteiger partial charge in [-0.2, -0.15) is 0 Å². The zero-order valence-corrected chi connectivity index (χ0v) is 16.5. The fourth-order valence-electron chi connectivity index (χ4n) is 3.89. The summed E-state index contributed by atoms with van der Waals surface area (Å²) in [5, 5.41) is 5.43. The maximum Gasteiger partial charge on any atom is 0.259 e. The minimum absolute atomic E-state index is 0.00860. The number of pyridine rings is 1. The number of hydrogen-bond donors (Lipinski definition) is 0. The van der Waals surface area contributed by atoms with Crippen LogP contribution >= 0.6 is 0 Å². The van der Waals surface area contributed by atoms with Crippen LogP contribution in [-0.2, 0) is 6.54 Å². The molecule has 1 aromatic heterocycles. The predicted octanol–water partition coefficient (Wildman–Crippen LogP) is 4.74. The van der Waals surface area contributed by atoms with Gasteiger partial charge in [0.2, 0.25) is 0 Å². The monoisotopic (exact) mass is 377 g/mol. The van der Waals surface area contributed by atoms with Crippen LogP contribution < -0.4 is 19.8 Å². The summed E-state index contributed by atoms with van der Waals surface area (Å²) < 4.78 is 18.2. The second kappa shape index (κ2) is 7.08. The average Bonchev–Trinajstić information content (AvgIpc) is 2.74. The standard InChI is InChI=1S/C23H23NO4/c1-5-9-24-10-8-16-15-7-6-14(26-2)11-17(15)18-12-20(27-3)21(28-4)13-19(18)22(16)23(24)25/h6-8,10-13H,5,9H2,1-4H3. The average molecular weight is 377 g/mol. The molecule has 0 atom stereocenters. The third kappa shape index (κ3) is 2.66. The lowest BCUT2D eigenvalue weighted by Crippen LogP contribution is -2.19. The lowest BCUT2D eigenvalue weighted by atomic mass is 9.94. The van der Waals surface area contributed by atoms with Crippen LogP contribution in [0.5, 0.6) is 17.2 Å². The second-order valence-electron chi connectivity index (χ2n) is 6.77. The molecule has 0 aliphatic rings. The van der Waals surface area contributed by atoms with Gasteiger partial charge in [-0.05, 0) is 63.7 Å². The highest BCUT2D eigenvalue weighted by Gasteiger charge is 2.16. The zero-order chi connectivity index (χ0) is 19.8. The van der Waals surface area contributed by atoms with E-state index in [9.17, 15) is 4.79 Å². The normalized spacial score (nSPS) is 11.3. The Labute approximate surface area is 163 Å². The lowest BCUT2D eigenvalue weighted by molar-refractivity contribution is 0.356. The van der Waals surface area contributed by atoms with Gasteiger partial charge >= 0.3 is 0 Å². The van der Waals surface area contributed by atoms with Crippen LogP contribution in [-0.4, -0.2) is 25.9 Å². The second-order valence-corrected chi connectivity index (χ2v) is 6.77. The Morgan fingerprint density at radius 1 is 0.786 bits per heavy atom. The van der Waals surface area contributed by atoms with Crippen molar-refractivity contribution in [3.8, 4) is 17.2 Å². The lowest BCUT2D eigenvalue weighted by Gasteiger charge is -2.15. The number of benzene rings is 3. The largest absolute Gasteiger partial charge is 0.497 e. The van der Waals surface area contributed by atoms with Crippen LogP contribution in [0.25, 0.3) is 32.3 Å². The summed E-state index contributed by atoms with van der Waals surface area (Å²) in [4.78, 5) is 13.3. The van der Waals surface area contributed by atoms with E-state index in [1.165, 1.54) is 0 Å². The molecule has 5 nitrogen and oxygen atoms in total. The number of aromatic nitrogens is 1. The van der Waals surface area contributed by atoms with Crippen molar-refractivity contribution in [3.63, 3.8) is 0 Å². The molecule has 3 aromatic carbocycles. The van der Waals surface area contributed by atoms with Crippen molar-refractivity contribution in [2.45, 2.75) is 19.9 Å². The van der Waals surface area contributed by atoms with Crippen molar-refractivity contribution in [2.75, 3.05) is 21.3 Å². The van der Waals surface area contributed by atoms with Gasteiger partial charge in [-0.15, -0.1) is 0 Å². The highest BCUT2D eigenvalue weighted by molar-refractivity contribution is 6.25. The van der Waals surface area contributed by atoms with Gasteiger partial charge in [-0.3, -0.25) is 4.79 Å². The molecule has 4 aromatic rings. The molecule has 1 heterocycles. The van der Waals surface area contributed by atoms with Crippen molar-refractivity contribution in [2.24, 2.45) is 0 Å². The molecule has 0 saturated carbocycles. The molecule has 4 rings (SSSR count). The van der Waals surface area contributed by atoms with Crippen LogP contribution in [0, 0.1) is 0 Å². The van der Waals surface area contributed by atoms with Crippen molar-refractivity contribution in [1.82, 2.24) is 4.57 Å². The number of hydrogen-bond acceptors (Lipinski definition) is 4. The molecule has 0 saturated heterocycles. The van der Waals surface area contributed by atoms with E-state index < -0.39 is 0 Å². The first-order chi connectivity index (χ1) is 13.6. The molecule has 0 N–H and O–H groups in total. The number of nitrogens with zero attached hydrogens (tertiary/aromatic N) is 1. The topological polar surface area (TPSA) is 49.7 Å². The molecule has 0 spiro atoms. The SMILES string of the molecule is CCCn1ccc2c3ccc(OC)cc3c3cc(OC)c(OC)cc3c2c1=O. The molecule has 0 aliphatic heterocycles. The Bertz CT molecular complexity index is 1260. The molecule has 28 heavy (non-hydrogen) atoms. The van der Waals surface area contributed by atoms with E-state index in [1.807, 2.05) is 42.6 Å². The highest BCUT2D eigenvalue weighted by atomic mass is 16.5. The molecular formula is C23H23NO4. The zero-order valence-electron chi connectivity index (χ0n) is 16.5.